The van der Waals surface area contributed by atoms with Crippen LogP contribution in [-0.2, 0) is 4.74 Å². The van der Waals surface area contributed by atoms with Gasteiger partial charge in [-0.3, -0.25) is 10.1 Å². The smallest absolute Gasteiger partial charge is 0.287 e. The summed E-state index contributed by atoms with van der Waals surface area (Å²) in [6, 6.07) is 6.46. The van der Waals surface area contributed by atoms with Gasteiger partial charge in [-0.05, 0) is 19.1 Å². The summed E-state index contributed by atoms with van der Waals surface area (Å²) in [5.74, 6) is 0. The SMILES string of the molecule is COCC(C)N(C)c1ccc([N+](=O)[O-])c(C#N)c1. The normalized spacial score (nSPS) is 11.7. The lowest BCUT2D eigenvalue weighted by Gasteiger charge is -2.26. The average molecular weight is 249 g/mol. The van der Waals surface area contributed by atoms with E-state index in [0.717, 1.165) is 5.69 Å². The Morgan fingerprint density at radius 2 is 2.28 bits per heavy atom. The molecule has 96 valence electrons. The van der Waals surface area contributed by atoms with Crippen LogP contribution >= 0.6 is 0 Å². The minimum absolute atomic E-state index is 0.0639. The molecule has 1 aromatic carbocycles. The molecule has 0 spiro atoms. The van der Waals surface area contributed by atoms with E-state index in [4.69, 9.17) is 10.00 Å². The van der Waals surface area contributed by atoms with Crippen molar-refractivity contribution in [3.8, 4) is 6.07 Å². The number of nitriles is 1. The number of anilines is 1. The first-order chi connectivity index (χ1) is 8.51. The number of ether oxygens (including phenoxy) is 1. The van der Waals surface area contributed by atoms with Crippen molar-refractivity contribution in [2.75, 3.05) is 25.7 Å². The molecule has 1 atom stereocenters. The zero-order valence-corrected chi connectivity index (χ0v) is 10.6. The highest BCUT2D eigenvalue weighted by Gasteiger charge is 2.17. The standard InChI is InChI=1S/C12H15N3O3/c1-9(8-18-3)14(2)11-4-5-12(15(16)17)10(6-11)7-13/h4-6,9H,8H2,1-3H3. The van der Waals surface area contributed by atoms with Crippen LogP contribution in [0.1, 0.15) is 12.5 Å². The van der Waals surface area contributed by atoms with E-state index >= 15 is 0 Å². The zero-order chi connectivity index (χ0) is 13.7. The fourth-order valence-corrected chi connectivity index (χ4v) is 1.60. The van der Waals surface area contributed by atoms with E-state index < -0.39 is 4.92 Å². The van der Waals surface area contributed by atoms with E-state index in [9.17, 15) is 10.1 Å². The molecular formula is C12H15N3O3. The maximum absolute atomic E-state index is 10.7. The van der Waals surface area contributed by atoms with E-state index in [1.54, 1.807) is 13.2 Å². The summed E-state index contributed by atoms with van der Waals surface area (Å²) >= 11 is 0. The van der Waals surface area contributed by atoms with E-state index in [0.29, 0.717) is 6.61 Å². The Morgan fingerprint density at radius 1 is 1.61 bits per heavy atom. The van der Waals surface area contributed by atoms with Crippen molar-refractivity contribution in [3.63, 3.8) is 0 Å². The van der Waals surface area contributed by atoms with Crippen LogP contribution in [0.25, 0.3) is 0 Å². The van der Waals surface area contributed by atoms with Crippen molar-refractivity contribution < 1.29 is 9.66 Å². The molecule has 0 amide bonds. The van der Waals surface area contributed by atoms with Gasteiger partial charge in [-0.2, -0.15) is 5.26 Å². The Morgan fingerprint density at radius 3 is 2.78 bits per heavy atom. The van der Waals surface area contributed by atoms with Crippen LogP contribution < -0.4 is 4.90 Å². The molecule has 0 bridgehead atoms. The predicted molar refractivity (Wildman–Crippen MR) is 67.6 cm³/mol. The molecular weight excluding hydrogens is 234 g/mol. The fraction of sp³-hybridized carbons (Fsp3) is 0.417. The van der Waals surface area contributed by atoms with Gasteiger partial charge in [0, 0.05) is 32.0 Å². The first-order valence-corrected chi connectivity index (χ1v) is 5.41. The van der Waals surface area contributed by atoms with Crippen LogP contribution in [0.5, 0.6) is 0 Å². The van der Waals surface area contributed by atoms with E-state index in [-0.39, 0.29) is 17.3 Å². The number of nitro benzene ring substituents is 1. The quantitative estimate of drug-likeness (QED) is 0.588. The third-order valence-electron chi connectivity index (χ3n) is 2.77. The van der Waals surface area contributed by atoms with Gasteiger partial charge in [0.15, 0.2) is 0 Å². The van der Waals surface area contributed by atoms with Crippen molar-refractivity contribution in [3.05, 3.63) is 33.9 Å². The Hall–Kier alpha value is -2.13. The lowest BCUT2D eigenvalue weighted by Crippen LogP contribution is -2.32. The molecule has 6 heteroatoms. The van der Waals surface area contributed by atoms with Crippen molar-refractivity contribution in [1.29, 1.82) is 5.26 Å². The number of nitro groups is 1. The van der Waals surface area contributed by atoms with Crippen molar-refractivity contribution in [1.82, 2.24) is 0 Å². The van der Waals surface area contributed by atoms with Crippen molar-refractivity contribution >= 4 is 11.4 Å². The summed E-state index contributed by atoms with van der Waals surface area (Å²) in [5.41, 5.74) is 0.643. The summed E-state index contributed by atoms with van der Waals surface area (Å²) in [6.07, 6.45) is 0. The van der Waals surface area contributed by atoms with Crippen LogP contribution in [-0.4, -0.2) is 31.7 Å². The Labute approximate surface area is 106 Å². The highest BCUT2D eigenvalue weighted by Crippen LogP contribution is 2.24. The monoisotopic (exact) mass is 249 g/mol. The number of likely N-dealkylation sites (N-methyl/N-ethyl adjacent to an activating group) is 1. The molecule has 0 aliphatic rings. The molecule has 18 heavy (non-hydrogen) atoms. The fourth-order valence-electron chi connectivity index (χ4n) is 1.60. The van der Waals surface area contributed by atoms with Crippen molar-refractivity contribution in [2.24, 2.45) is 0 Å². The predicted octanol–water partition coefficient (Wildman–Crippen LogP) is 1.94. The maximum Gasteiger partial charge on any atom is 0.287 e. The number of hydrogen-bond donors (Lipinski definition) is 0. The summed E-state index contributed by atoms with van der Waals surface area (Å²) in [7, 11) is 3.47. The van der Waals surface area contributed by atoms with Gasteiger partial charge in [-0.1, -0.05) is 0 Å². The number of nitrogens with zero attached hydrogens (tertiary/aromatic N) is 3. The van der Waals surface area contributed by atoms with Gasteiger partial charge in [0.1, 0.15) is 11.6 Å². The molecule has 0 fully saturated rings. The number of benzene rings is 1. The third kappa shape index (κ3) is 2.96. The van der Waals surface area contributed by atoms with Gasteiger partial charge >= 0.3 is 0 Å². The Bertz CT molecular complexity index is 482. The average Bonchev–Trinajstić information content (AvgIpc) is 2.37. The number of hydrogen-bond acceptors (Lipinski definition) is 5. The van der Waals surface area contributed by atoms with Crippen molar-refractivity contribution in [2.45, 2.75) is 13.0 Å². The lowest BCUT2D eigenvalue weighted by molar-refractivity contribution is -0.385. The molecule has 0 radical (unpaired) electrons. The van der Waals surface area contributed by atoms with Gasteiger partial charge in [-0.25, -0.2) is 0 Å². The number of methoxy groups -OCH3 is 1. The third-order valence-corrected chi connectivity index (χ3v) is 2.77. The maximum atomic E-state index is 10.7. The van der Waals surface area contributed by atoms with E-state index in [1.165, 1.54) is 12.1 Å². The second-order valence-electron chi connectivity index (χ2n) is 3.99. The molecule has 1 unspecified atom stereocenters. The largest absolute Gasteiger partial charge is 0.383 e. The topological polar surface area (TPSA) is 79.4 Å². The molecule has 0 N–H and O–H groups in total. The Balaban J connectivity index is 3.06. The van der Waals surface area contributed by atoms with E-state index in [2.05, 4.69) is 0 Å². The first kappa shape index (κ1) is 13.9. The molecule has 0 heterocycles. The van der Waals surface area contributed by atoms with Gasteiger partial charge in [0.25, 0.3) is 5.69 Å². The van der Waals surface area contributed by atoms with Gasteiger partial charge < -0.3 is 9.64 Å². The van der Waals surface area contributed by atoms with Gasteiger partial charge in [0.05, 0.1) is 11.5 Å². The zero-order valence-electron chi connectivity index (χ0n) is 10.6. The minimum atomic E-state index is -0.555. The molecule has 0 saturated heterocycles. The van der Waals surface area contributed by atoms with Crippen LogP contribution in [0.3, 0.4) is 0 Å². The van der Waals surface area contributed by atoms with E-state index in [1.807, 2.05) is 24.9 Å². The highest BCUT2D eigenvalue weighted by atomic mass is 16.6. The second-order valence-corrected chi connectivity index (χ2v) is 3.99. The summed E-state index contributed by atoms with van der Waals surface area (Å²) in [6.45, 7) is 2.51. The molecule has 1 aromatic rings. The number of rotatable bonds is 5. The minimum Gasteiger partial charge on any atom is -0.383 e. The van der Waals surface area contributed by atoms with Crippen LogP contribution in [0.2, 0.25) is 0 Å². The molecule has 0 aromatic heterocycles. The first-order valence-electron chi connectivity index (χ1n) is 5.41. The molecule has 0 aliphatic carbocycles. The summed E-state index contributed by atoms with van der Waals surface area (Å²) < 4.78 is 5.05. The van der Waals surface area contributed by atoms with Crippen LogP contribution in [0.15, 0.2) is 18.2 Å². The molecule has 1 rings (SSSR count). The summed E-state index contributed by atoms with van der Waals surface area (Å²) in [4.78, 5) is 12.1. The lowest BCUT2D eigenvalue weighted by atomic mass is 10.1. The second kappa shape index (κ2) is 5.98. The highest BCUT2D eigenvalue weighted by molar-refractivity contribution is 5.59. The Kier molecular flexibility index (Phi) is 4.63. The van der Waals surface area contributed by atoms with Crippen LogP contribution in [0, 0.1) is 21.4 Å². The van der Waals surface area contributed by atoms with Gasteiger partial charge in [-0.15, -0.1) is 0 Å². The molecule has 0 saturated carbocycles. The van der Waals surface area contributed by atoms with Crippen LogP contribution in [0.4, 0.5) is 11.4 Å². The van der Waals surface area contributed by atoms with Gasteiger partial charge in [0.2, 0.25) is 0 Å². The summed E-state index contributed by atoms with van der Waals surface area (Å²) in [5, 5.41) is 19.6. The molecule has 6 nitrogen and oxygen atoms in total. The molecule has 0 aliphatic heterocycles.